The van der Waals surface area contributed by atoms with Gasteiger partial charge in [0, 0.05) is 25.2 Å². The number of nitrogens with zero attached hydrogens (tertiary/aromatic N) is 1. The van der Waals surface area contributed by atoms with Crippen molar-refractivity contribution in [3.05, 3.63) is 35.4 Å². The Kier molecular flexibility index (Phi) is 8.40. The molecule has 0 heterocycles. The minimum Gasteiger partial charge on any atom is -0.315 e. The zero-order valence-electron chi connectivity index (χ0n) is 15.2. The highest BCUT2D eigenvalue weighted by atomic mass is 14.9. The lowest BCUT2D eigenvalue weighted by Gasteiger charge is -2.19. The summed E-state index contributed by atoms with van der Waals surface area (Å²) < 4.78 is 0. The number of benzene rings is 1. The molecule has 124 valence electrons. The van der Waals surface area contributed by atoms with Gasteiger partial charge in [0.25, 0.3) is 0 Å². The van der Waals surface area contributed by atoms with E-state index in [4.69, 9.17) is 4.99 Å². The van der Waals surface area contributed by atoms with Crippen LogP contribution in [0.2, 0.25) is 0 Å². The van der Waals surface area contributed by atoms with Crippen LogP contribution in [0.1, 0.15) is 64.5 Å². The van der Waals surface area contributed by atoms with Crippen molar-refractivity contribution in [2.75, 3.05) is 20.1 Å². The van der Waals surface area contributed by atoms with Crippen molar-refractivity contribution in [1.29, 1.82) is 0 Å². The molecule has 22 heavy (non-hydrogen) atoms. The lowest BCUT2D eigenvalue weighted by atomic mass is 9.86. The fraction of sp³-hybridized carbons (Fsp3) is 0.650. The summed E-state index contributed by atoms with van der Waals surface area (Å²) in [5, 5.41) is 3.24. The van der Waals surface area contributed by atoms with Gasteiger partial charge in [0.1, 0.15) is 0 Å². The van der Waals surface area contributed by atoms with Gasteiger partial charge in [-0.1, -0.05) is 71.2 Å². The predicted molar refractivity (Wildman–Crippen MR) is 99.2 cm³/mol. The van der Waals surface area contributed by atoms with Crippen LogP contribution in [0.15, 0.2) is 29.3 Å². The molecule has 0 saturated carbocycles. The normalized spacial score (nSPS) is 12.7. The Morgan fingerprint density at radius 3 is 2.27 bits per heavy atom. The summed E-state index contributed by atoms with van der Waals surface area (Å²) >= 11 is 0. The molecule has 0 aromatic heterocycles. The molecular formula is C20H34N2. The van der Waals surface area contributed by atoms with Gasteiger partial charge < -0.3 is 5.32 Å². The summed E-state index contributed by atoms with van der Waals surface area (Å²) in [6.45, 7) is 10.9. The third kappa shape index (κ3) is 7.22. The molecule has 0 aliphatic carbocycles. The van der Waals surface area contributed by atoms with E-state index in [1.807, 2.05) is 7.05 Å². The van der Waals surface area contributed by atoms with Gasteiger partial charge in [-0.3, -0.25) is 4.99 Å². The van der Waals surface area contributed by atoms with Crippen LogP contribution in [-0.4, -0.2) is 25.8 Å². The Morgan fingerprint density at radius 2 is 1.73 bits per heavy atom. The number of nitrogens with one attached hydrogen (secondary N) is 1. The van der Waals surface area contributed by atoms with E-state index in [-0.39, 0.29) is 5.41 Å². The van der Waals surface area contributed by atoms with Crippen LogP contribution in [0.25, 0.3) is 0 Å². The highest BCUT2D eigenvalue weighted by molar-refractivity contribution is 5.88. The van der Waals surface area contributed by atoms with Crippen molar-refractivity contribution >= 4 is 5.71 Å². The van der Waals surface area contributed by atoms with Crippen molar-refractivity contribution < 1.29 is 0 Å². The minimum absolute atomic E-state index is 0.222. The molecule has 2 heteroatoms. The van der Waals surface area contributed by atoms with Crippen molar-refractivity contribution in [3.63, 3.8) is 0 Å². The summed E-state index contributed by atoms with van der Waals surface area (Å²) in [7, 11) is 2.00. The van der Waals surface area contributed by atoms with E-state index in [1.54, 1.807) is 0 Å². The summed E-state index contributed by atoms with van der Waals surface area (Å²) in [4.78, 5) is 4.81. The summed E-state index contributed by atoms with van der Waals surface area (Å²) in [5.74, 6) is 0. The average Bonchev–Trinajstić information content (AvgIpc) is 2.47. The van der Waals surface area contributed by atoms with E-state index >= 15 is 0 Å². The number of rotatable bonds is 9. The standard InChI is InChI=1S/C20H34N2/c1-6-7-8-9-14-22-19(16-21-5)15-17-10-12-18(13-11-17)20(2,3)4/h10-13,21H,6-9,14-16H2,1-5H3. The van der Waals surface area contributed by atoms with E-state index in [2.05, 4.69) is 57.3 Å². The number of unbranched alkanes of at least 4 members (excludes halogenated alkanes) is 3. The largest absolute Gasteiger partial charge is 0.315 e. The Hall–Kier alpha value is -1.15. The van der Waals surface area contributed by atoms with Gasteiger partial charge in [-0.05, 0) is 30.0 Å². The maximum atomic E-state index is 4.81. The zero-order chi connectivity index (χ0) is 16.4. The molecule has 0 bridgehead atoms. The van der Waals surface area contributed by atoms with Gasteiger partial charge in [-0.25, -0.2) is 0 Å². The monoisotopic (exact) mass is 302 g/mol. The van der Waals surface area contributed by atoms with E-state index in [9.17, 15) is 0 Å². The van der Waals surface area contributed by atoms with Crippen molar-refractivity contribution in [1.82, 2.24) is 5.32 Å². The third-order valence-electron chi connectivity index (χ3n) is 3.96. The second-order valence-corrected chi connectivity index (χ2v) is 7.16. The Morgan fingerprint density at radius 1 is 1.05 bits per heavy atom. The second-order valence-electron chi connectivity index (χ2n) is 7.16. The highest BCUT2D eigenvalue weighted by Gasteiger charge is 2.13. The molecule has 1 rings (SSSR count). The van der Waals surface area contributed by atoms with E-state index in [0.29, 0.717) is 0 Å². The quantitative estimate of drug-likeness (QED) is 0.516. The first-order valence-corrected chi connectivity index (χ1v) is 8.73. The molecule has 0 radical (unpaired) electrons. The number of aliphatic imine (C=N–C) groups is 1. The second kappa shape index (κ2) is 9.78. The van der Waals surface area contributed by atoms with Crippen LogP contribution in [0.4, 0.5) is 0 Å². The molecule has 0 fully saturated rings. The Balaban J connectivity index is 2.60. The van der Waals surface area contributed by atoms with Crippen LogP contribution < -0.4 is 5.32 Å². The third-order valence-corrected chi connectivity index (χ3v) is 3.96. The van der Waals surface area contributed by atoms with Crippen LogP contribution >= 0.6 is 0 Å². The van der Waals surface area contributed by atoms with E-state index < -0.39 is 0 Å². The highest BCUT2D eigenvalue weighted by Crippen LogP contribution is 2.22. The van der Waals surface area contributed by atoms with Gasteiger partial charge in [-0.15, -0.1) is 0 Å². The van der Waals surface area contributed by atoms with Crippen LogP contribution in [-0.2, 0) is 11.8 Å². The van der Waals surface area contributed by atoms with Gasteiger partial charge in [0.2, 0.25) is 0 Å². The maximum absolute atomic E-state index is 4.81. The lowest BCUT2D eigenvalue weighted by molar-refractivity contribution is 0.590. The SMILES string of the molecule is CCCCCCN=C(CNC)Cc1ccc(C(C)(C)C)cc1. The van der Waals surface area contributed by atoms with Gasteiger partial charge in [0.05, 0.1) is 0 Å². The smallest absolute Gasteiger partial charge is 0.0389 e. The van der Waals surface area contributed by atoms with Crippen molar-refractivity contribution in [3.8, 4) is 0 Å². The average molecular weight is 303 g/mol. The molecule has 1 N–H and O–H groups in total. The molecule has 0 saturated heterocycles. The van der Waals surface area contributed by atoms with E-state index in [1.165, 1.54) is 42.5 Å². The maximum Gasteiger partial charge on any atom is 0.0389 e. The van der Waals surface area contributed by atoms with Crippen molar-refractivity contribution in [2.24, 2.45) is 4.99 Å². The summed E-state index contributed by atoms with van der Waals surface area (Å²) in [5.41, 5.74) is 4.24. The molecular weight excluding hydrogens is 268 g/mol. The van der Waals surface area contributed by atoms with Gasteiger partial charge in [0.15, 0.2) is 0 Å². The minimum atomic E-state index is 0.222. The van der Waals surface area contributed by atoms with Crippen LogP contribution in [0.5, 0.6) is 0 Å². The predicted octanol–water partition coefficient (Wildman–Crippen LogP) is 4.77. The molecule has 0 aliphatic rings. The molecule has 0 unspecified atom stereocenters. The fourth-order valence-electron chi connectivity index (χ4n) is 2.51. The topological polar surface area (TPSA) is 24.4 Å². The fourth-order valence-corrected chi connectivity index (χ4v) is 2.51. The first-order chi connectivity index (χ1) is 10.5. The lowest BCUT2D eigenvalue weighted by Crippen LogP contribution is -2.21. The van der Waals surface area contributed by atoms with Crippen LogP contribution in [0, 0.1) is 0 Å². The summed E-state index contributed by atoms with van der Waals surface area (Å²) in [6, 6.07) is 9.02. The Bertz CT molecular complexity index is 438. The number of hydrogen-bond donors (Lipinski definition) is 1. The first kappa shape index (κ1) is 18.9. The molecule has 1 aromatic carbocycles. The van der Waals surface area contributed by atoms with Gasteiger partial charge in [-0.2, -0.15) is 0 Å². The summed E-state index contributed by atoms with van der Waals surface area (Å²) in [6.07, 6.45) is 6.08. The first-order valence-electron chi connectivity index (χ1n) is 8.73. The van der Waals surface area contributed by atoms with E-state index in [0.717, 1.165) is 19.5 Å². The molecule has 0 atom stereocenters. The molecule has 0 spiro atoms. The van der Waals surface area contributed by atoms with Crippen molar-refractivity contribution in [2.45, 2.75) is 65.2 Å². The molecule has 0 aliphatic heterocycles. The van der Waals surface area contributed by atoms with Crippen LogP contribution in [0.3, 0.4) is 0 Å². The van der Waals surface area contributed by atoms with Gasteiger partial charge >= 0.3 is 0 Å². The number of hydrogen-bond acceptors (Lipinski definition) is 2. The molecule has 2 nitrogen and oxygen atoms in total. The Labute approximate surface area is 137 Å². The molecule has 0 amide bonds. The molecule has 1 aromatic rings. The zero-order valence-corrected chi connectivity index (χ0v) is 15.2.